The molecule has 0 N–H and O–H groups in total. The summed E-state index contributed by atoms with van der Waals surface area (Å²) < 4.78 is 26.6. The van der Waals surface area contributed by atoms with Crippen molar-refractivity contribution in [3.63, 3.8) is 0 Å². The zero-order valence-electron chi connectivity index (χ0n) is 8.99. The van der Waals surface area contributed by atoms with Gasteiger partial charge in [-0.1, -0.05) is 19.1 Å². The molecule has 0 saturated carbocycles. The fraction of sp³-hybridized carbons (Fsp3) is 0.500. The maximum atomic E-state index is 13.4. The molecular weight excluding hydrogens is 218 g/mol. The predicted octanol–water partition coefficient (Wildman–Crippen LogP) is 4.22. The van der Waals surface area contributed by atoms with E-state index in [1.54, 1.807) is 19.1 Å². The zero-order valence-corrected chi connectivity index (χ0v) is 9.74. The van der Waals surface area contributed by atoms with Crippen molar-refractivity contribution in [2.45, 2.75) is 38.5 Å². The monoisotopic (exact) mass is 232 g/mol. The second kappa shape index (κ2) is 5.45. The van der Waals surface area contributed by atoms with Gasteiger partial charge in [-0.25, -0.2) is 8.78 Å². The van der Waals surface area contributed by atoms with Crippen LogP contribution < -0.4 is 0 Å². The Morgan fingerprint density at radius 1 is 1.27 bits per heavy atom. The van der Waals surface area contributed by atoms with Crippen molar-refractivity contribution in [1.82, 2.24) is 0 Å². The lowest BCUT2D eigenvalue weighted by Crippen LogP contribution is -2.02. The van der Waals surface area contributed by atoms with Gasteiger partial charge in [-0.15, -0.1) is 11.6 Å². The van der Waals surface area contributed by atoms with Gasteiger partial charge in [0, 0.05) is 5.38 Å². The van der Waals surface area contributed by atoms with Crippen molar-refractivity contribution < 1.29 is 8.78 Å². The molecule has 1 aromatic carbocycles. The molecule has 84 valence electrons. The van der Waals surface area contributed by atoms with Crippen molar-refractivity contribution in [2.24, 2.45) is 0 Å². The molecule has 0 aliphatic carbocycles. The second-order valence-corrected chi connectivity index (χ2v) is 4.33. The van der Waals surface area contributed by atoms with Crippen LogP contribution in [0.25, 0.3) is 0 Å². The van der Waals surface area contributed by atoms with E-state index in [0.717, 1.165) is 6.42 Å². The van der Waals surface area contributed by atoms with E-state index >= 15 is 0 Å². The highest BCUT2D eigenvalue weighted by Gasteiger charge is 2.11. The zero-order chi connectivity index (χ0) is 11.4. The van der Waals surface area contributed by atoms with Crippen LogP contribution in [0.1, 0.15) is 30.9 Å². The van der Waals surface area contributed by atoms with E-state index in [1.807, 2.05) is 6.92 Å². The fourth-order valence-corrected chi connectivity index (χ4v) is 1.50. The summed E-state index contributed by atoms with van der Waals surface area (Å²) >= 11 is 5.92. The van der Waals surface area contributed by atoms with Gasteiger partial charge in [0.2, 0.25) is 0 Å². The van der Waals surface area contributed by atoms with Crippen molar-refractivity contribution in [2.75, 3.05) is 0 Å². The van der Waals surface area contributed by atoms with E-state index in [9.17, 15) is 8.78 Å². The van der Waals surface area contributed by atoms with E-state index in [2.05, 4.69) is 0 Å². The molecule has 1 aromatic rings. The number of halogens is 3. The van der Waals surface area contributed by atoms with Crippen LogP contribution in [-0.2, 0) is 6.42 Å². The number of hydrogen-bond acceptors (Lipinski definition) is 0. The average Bonchev–Trinajstić information content (AvgIpc) is 2.24. The largest absolute Gasteiger partial charge is 0.203 e. The number of rotatable bonds is 4. The topological polar surface area (TPSA) is 0 Å². The Bertz CT molecular complexity index is 337. The molecule has 0 heterocycles. The summed E-state index contributed by atoms with van der Waals surface area (Å²) in [6.45, 7) is 3.53. The molecule has 0 saturated heterocycles. The third-order valence-electron chi connectivity index (χ3n) is 2.53. The molecule has 0 aromatic heterocycles. The highest BCUT2D eigenvalue weighted by Crippen LogP contribution is 2.19. The molecule has 1 rings (SSSR count). The van der Waals surface area contributed by atoms with E-state index < -0.39 is 11.6 Å². The van der Waals surface area contributed by atoms with Gasteiger partial charge >= 0.3 is 0 Å². The van der Waals surface area contributed by atoms with Crippen LogP contribution in [0.2, 0.25) is 0 Å². The van der Waals surface area contributed by atoms with Gasteiger partial charge in [0.05, 0.1) is 0 Å². The summed E-state index contributed by atoms with van der Waals surface area (Å²) in [6, 6.07) is 3.23. The standard InChI is InChI=1S/C12H15ClF2/c1-3-10(13)7-6-9-5-4-8(2)11(14)12(9)15/h4-5,10H,3,6-7H2,1-2H3. The number of aryl methyl sites for hydroxylation is 2. The van der Waals surface area contributed by atoms with E-state index in [4.69, 9.17) is 11.6 Å². The molecule has 0 spiro atoms. The number of alkyl halides is 1. The minimum Gasteiger partial charge on any atom is -0.203 e. The first-order chi connectivity index (χ1) is 7.06. The van der Waals surface area contributed by atoms with Gasteiger partial charge in [-0.2, -0.15) is 0 Å². The molecule has 15 heavy (non-hydrogen) atoms. The molecular formula is C12H15ClF2. The third kappa shape index (κ3) is 3.16. The average molecular weight is 233 g/mol. The molecule has 0 radical (unpaired) electrons. The van der Waals surface area contributed by atoms with Crippen LogP contribution in [0.15, 0.2) is 12.1 Å². The van der Waals surface area contributed by atoms with Crippen molar-refractivity contribution in [3.8, 4) is 0 Å². The Balaban J connectivity index is 2.74. The Morgan fingerprint density at radius 3 is 2.53 bits per heavy atom. The molecule has 0 aliphatic rings. The molecule has 3 heteroatoms. The molecule has 1 atom stereocenters. The van der Waals surface area contributed by atoms with Crippen LogP contribution in [0, 0.1) is 18.6 Å². The van der Waals surface area contributed by atoms with Crippen molar-refractivity contribution in [3.05, 3.63) is 34.9 Å². The highest BCUT2D eigenvalue weighted by molar-refractivity contribution is 6.20. The van der Waals surface area contributed by atoms with Crippen LogP contribution in [0.5, 0.6) is 0 Å². The van der Waals surface area contributed by atoms with Gasteiger partial charge < -0.3 is 0 Å². The lowest BCUT2D eigenvalue weighted by Gasteiger charge is -2.08. The van der Waals surface area contributed by atoms with Gasteiger partial charge in [0.1, 0.15) is 0 Å². The first-order valence-electron chi connectivity index (χ1n) is 5.13. The fourth-order valence-electron chi connectivity index (χ4n) is 1.40. The van der Waals surface area contributed by atoms with Crippen LogP contribution >= 0.6 is 11.6 Å². The molecule has 0 fully saturated rings. The summed E-state index contributed by atoms with van der Waals surface area (Å²) in [4.78, 5) is 0. The lowest BCUT2D eigenvalue weighted by molar-refractivity contribution is 0.491. The smallest absolute Gasteiger partial charge is 0.162 e. The quantitative estimate of drug-likeness (QED) is 0.682. The van der Waals surface area contributed by atoms with Crippen LogP contribution in [0.3, 0.4) is 0 Å². The van der Waals surface area contributed by atoms with E-state index in [-0.39, 0.29) is 5.38 Å². The Labute approximate surface area is 94.3 Å². The maximum Gasteiger partial charge on any atom is 0.162 e. The minimum absolute atomic E-state index is 0.0359. The summed E-state index contributed by atoms with van der Waals surface area (Å²) in [5, 5.41) is 0.0359. The summed E-state index contributed by atoms with van der Waals surface area (Å²) in [7, 11) is 0. The Kier molecular flexibility index (Phi) is 4.52. The lowest BCUT2D eigenvalue weighted by atomic mass is 10.0. The summed E-state index contributed by atoms with van der Waals surface area (Å²) in [6.07, 6.45) is 2.01. The SMILES string of the molecule is CCC(Cl)CCc1ccc(C)c(F)c1F. The van der Waals surface area contributed by atoms with Gasteiger partial charge in [-0.05, 0) is 37.3 Å². The Hall–Kier alpha value is -0.630. The van der Waals surface area contributed by atoms with Crippen LogP contribution in [0.4, 0.5) is 8.78 Å². The normalized spacial score (nSPS) is 12.9. The molecule has 0 nitrogen and oxygen atoms in total. The first kappa shape index (κ1) is 12.4. The van der Waals surface area contributed by atoms with Crippen LogP contribution in [-0.4, -0.2) is 5.38 Å². The molecule has 1 unspecified atom stereocenters. The molecule has 0 aliphatic heterocycles. The Morgan fingerprint density at radius 2 is 1.93 bits per heavy atom. The van der Waals surface area contributed by atoms with Crippen molar-refractivity contribution >= 4 is 11.6 Å². The maximum absolute atomic E-state index is 13.4. The van der Waals surface area contributed by atoms with Gasteiger partial charge in [0.15, 0.2) is 11.6 Å². The summed E-state index contributed by atoms with van der Waals surface area (Å²) in [5.74, 6) is -1.47. The van der Waals surface area contributed by atoms with E-state index in [0.29, 0.717) is 24.0 Å². The third-order valence-corrected chi connectivity index (χ3v) is 3.05. The predicted molar refractivity (Wildman–Crippen MR) is 59.3 cm³/mol. The second-order valence-electron chi connectivity index (χ2n) is 3.71. The first-order valence-corrected chi connectivity index (χ1v) is 5.57. The summed E-state index contributed by atoms with van der Waals surface area (Å²) in [5.41, 5.74) is 0.756. The number of hydrogen-bond donors (Lipinski definition) is 0. The van der Waals surface area contributed by atoms with E-state index in [1.165, 1.54) is 0 Å². The molecule has 0 amide bonds. The minimum atomic E-state index is -0.741. The number of benzene rings is 1. The highest BCUT2D eigenvalue weighted by atomic mass is 35.5. The van der Waals surface area contributed by atoms with Gasteiger partial charge in [-0.3, -0.25) is 0 Å². The van der Waals surface area contributed by atoms with Gasteiger partial charge in [0.25, 0.3) is 0 Å². The van der Waals surface area contributed by atoms with Crippen molar-refractivity contribution in [1.29, 1.82) is 0 Å². The molecule has 0 bridgehead atoms.